The Kier molecular flexibility index (Phi) is 3.78. The maximum absolute atomic E-state index is 14.0. The van der Waals surface area contributed by atoms with Crippen molar-refractivity contribution in [2.75, 3.05) is 4.90 Å². The number of fused-ring (bicyclic) bond motifs is 2. The fraction of sp³-hybridized carbons (Fsp3) is 0.476. The minimum Gasteiger partial charge on any atom is -0.318 e. The summed E-state index contributed by atoms with van der Waals surface area (Å²) in [5, 5.41) is 0. The van der Waals surface area contributed by atoms with E-state index in [1.165, 1.54) is 17.7 Å². The van der Waals surface area contributed by atoms with Gasteiger partial charge in [0, 0.05) is 25.3 Å². The molecular weight excluding hydrogens is 373 g/mol. The molecule has 3 heterocycles. The molecule has 0 saturated heterocycles. The lowest BCUT2D eigenvalue weighted by Crippen LogP contribution is -2.48. The van der Waals surface area contributed by atoms with Gasteiger partial charge in [0.15, 0.2) is 11.2 Å². The van der Waals surface area contributed by atoms with Crippen molar-refractivity contribution in [2.45, 2.75) is 50.5 Å². The molecule has 1 fully saturated rings. The standard InChI is InChI=1S/C21H24FN5O2/c1-12-11-21(8-4-5-9-21)27(15-7-6-13(22)10-14(12)15)19-23-16-17(24-19)25(2)20(29)26(3)18(16)28/h6-7,10,12H,4-5,8-9,11H2,1-3H3,(H,23,24). The van der Waals surface area contributed by atoms with Gasteiger partial charge in [-0.05, 0) is 48.9 Å². The third kappa shape index (κ3) is 2.44. The number of aromatic amines is 1. The van der Waals surface area contributed by atoms with Crippen LogP contribution in [0, 0.1) is 5.82 Å². The van der Waals surface area contributed by atoms with Crippen LogP contribution in [0.2, 0.25) is 0 Å². The summed E-state index contributed by atoms with van der Waals surface area (Å²) < 4.78 is 16.5. The topological polar surface area (TPSA) is 75.9 Å². The second kappa shape index (κ2) is 6.05. The summed E-state index contributed by atoms with van der Waals surface area (Å²) in [5.41, 5.74) is 1.58. The van der Waals surface area contributed by atoms with Crippen LogP contribution in [-0.4, -0.2) is 24.6 Å². The molecule has 1 aliphatic heterocycles. The smallest absolute Gasteiger partial charge is 0.318 e. The van der Waals surface area contributed by atoms with E-state index in [2.05, 4.69) is 16.8 Å². The van der Waals surface area contributed by atoms with Crippen LogP contribution in [-0.2, 0) is 14.1 Å². The number of H-pyrrole nitrogens is 1. The van der Waals surface area contributed by atoms with Crippen molar-refractivity contribution in [3.05, 3.63) is 50.4 Å². The molecule has 1 spiro atoms. The second-order valence-corrected chi connectivity index (χ2v) is 8.54. The average Bonchev–Trinajstić information content (AvgIpc) is 3.33. The van der Waals surface area contributed by atoms with E-state index < -0.39 is 11.2 Å². The van der Waals surface area contributed by atoms with Crippen LogP contribution in [0.5, 0.6) is 0 Å². The van der Waals surface area contributed by atoms with Crippen molar-refractivity contribution in [3.8, 4) is 0 Å². The molecular formula is C21H24FN5O2. The average molecular weight is 397 g/mol. The van der Waals surface area contributed by atoms with E-state index in [4.69, 9.17) is 4.98 Å². The summed E-state index contributed by atoms with van der Waals surface area (Å²) in [4.78, 5) is 35.0. The van der Waals surface area contributed by atoms with Crippen molar-refractivity contribution in [3.63, 3.8) is 0 Å². The van der Waals surface area contributed by atoms with Crippen LogP contribution in [0.15, 0.2) is 27.8 Å². The number of benzene rings is 1. The fourth-order valence-corrected chi connectivity index (χ4v) is 5.37. The molecule has 3 aromatic rings. The van der Waals surface area contributed by atoms with Gasteiger partial charge in [0.1, 0.15) is 5.82 Å². The number of anilines is 2. The normalized spacial score (nSPS) is 20.6. The van der Waals surface area contributed by atoms with E-state index in [1.807, 2.05) is 6.07 Å². The van der Waals surface area contributed by atoms with Gasteiger partial charge in [0.05, 0.1) is 0 Å². The lowest BCUT2D eigenvalue weighted by Gasteiger charge is -2.48. The van der Waals surface area contributed by atoms with Crippen molar-refractivity contribution in [2.24, 2.45) is 14.1 Å². The predicted molar refractivity (Wildman–Crippen MR) is 109 cm³/mol. The molecule has 0 amide bonds. The highest BCUT2D eigenvalue weighted by Gasteiger charge is 2.47. The molecule has 1 saturated carbocycles. The number of hydrogen-bond donors (Lipinski definition) is 1. The van der Waals surface area contributed by atoms with Gasteiger partial charge in [-0.1, -0.05) is 19.8 Å². The number of aryl methyl sites for hydroxylation is 1. The van der Waals surface area contributed by atoms with Gasteiger partial charge < -0.3 is 9.88 Å². The number of nitrogens with one attached hydrogen (secondary N) is 1. The minimum atomic E-state index is -0.411. The molecule has 5 rings (SSSR count). The van der Waals surface area contributed by atoms with Gasteiger partial charge in [-0.15, -0.1) is 0 Å². The first-order valence-corrected chi connectivity index (χ1v) is 10.1. The molecule has 8 heteroatoms. The maximum Gasteiger partial charge on any atom is 0.332 e. The van der Waals surface area contributed by atoms with Crippen LogP contribution < -0.4 is 16.1 Å². The van der Waals surface area contributed by atoms with E-state index in [9.17, 15) is 14.0 Å². The summed E-state index contributed by atoms with van der Waals surface area (Å²) in [6.07, 6.45) is 5.18. The van der Waals surface area contributed by atoms with E-state index >= 15 is 0 Å². The fourth-order valence-electron chi connectivity index (χ4n) is 5.37. The van der Waals surface area contributed by atoms with Crippen molar-refractivity contribution in [1.29, 1.82) is 0 Å². The molecule has 1 aliphatic carbocycles. The van der Waals surface area contributed by atoms with E-state index in [0.717, 1.165) is 47.9 Å². The zero-order chi connectivity index (χ0) is 20.5. The van der Waals surface area contributed by atoms with Gasteiger partial charge in [0.2, 0.25) is 5.95 Å². The van der Waals surface area contributed by atoms with Crippen LogP contribution in [0.1, 0.15) is 50.5 Å². The van der Waals surface area contributed by atoms with Crippen molar-refractivity contribution in [1.82, 2.24) is 19.1 Å². The van der Waals surface area contributed by atoms with Crippen LogP contribution >= 0.6 is 0 Å². The van der Waals surface area contributed by atoms with Gasteiger partial charge in [-0.2, -0.15) is 4.98 Å². The Morgan fingerprint density at radius 1 is 1.17 bits per heavy atom. The SMILES string of the molecule is CC1CC2(CCCC2)N(c2nc3c([nH]2)c(=O)n(C)c(=O)n3C)c2ccc(F)cc21. The number of rotatable bonds is 1. The van der Waals surface area contributed by atoms with E-state index in [1.54, 1.807) is 13.1 Å². The van der Waals surface area contributed by atoms with Gasteiger partial charge in [0.25, 0.3) is 5.56 Å². The summed E-state index contributed by atoms with van der Waals surface area (Å²) in [5.74, 6) is 0.524. The zero-order valence-electron chi connectivity index (χ0n) is 16.8. The van der Waals surface area contributed by atoms with Gasteiger partial charge >= 0.3 is 5.69 Å². The Labute approximate surface area is 166 Å². The maximum atomic E-state index is 14.0. The van der Waals surface area contributed by atoms with Crippen molar-refractivity contribution < 1.29 is 4.39 Å². The van der Waals surface area contributed by atoms with Crippen LogP contribution in [0.25, 0.3) is 11.2 Å². The second-order valence-electron chi connectivity index (χ2n) is 8.54. The predicted octanol–water partition coefficient (Wildman–Crippen LogP) is 3.06. The Morgan fingerprint density at radius 3 is 2.62 bits per heavy atom. The summed E-state index contributed by atoms with van der Waals surface area (Å²) in [7, 11) is 3.07. The highest BCUT2D eigenvalue weighted by Crippen LogP contribution is 2.53. The first kappa shape index (κ1) is 18.1. The van der Waals surface area contributed by atoms with Gasteiger partial charge in [-0.3, -0.25) is 13.9 Å². The molecule has 2 aliphatic rings. The zero-order valence-corrected chi connectivity index (χ0v) is 16.8. The van der Waals surface area contributed by atoms with Crippen molar-refractivity contribution >= 4 is 22.8 Å². The summed E-state index contributed by atoms with van der Waals surface area (Å²) >= 11 is 0. The Bertz CT molecular complexity index is 1250. The lowest BCUT2D eigenvalue weighted by molar-refractivity contribution is 0.349. The van der Waals surface area contributed by atoms with Gasteiger partial charge in [-0.25, -0.2) is 9.18 Å². The van der Waals surface area contributed by atoms with Crippen LogP contribution in [0.4, 0.5) is 16.0 Å². The Morgan fingerprint density at radius 2 is 1.90 bits per heavy atom. The largest absolute Gasteiger partial charge is 0.332 e. The highest BCUT2D eigenvalue weighted by atomic mass is 19.1. The molecule has 1 atom stereocenters. The highest BCUT2D eigenvalue weighted by molar-refractivity contribution is 5.77. The number of aromatic nitrogens is 4. The number of nitrogens with zero attached hydrogens (tertiary/aromatic N) is 4. The molecule has 1 N–H and O–H groups in total. The quantitative estimate of drug-likeness (QED) is 0.685. The molecule has 152 valence electrons. The Hall–Kier alpha value is -2.90. The summed E-state index contributed by atoms with van der Waals surface area (Å²) in [6, 6.07) is 4.89. The number of hydrogen-bond acceptors (Lipinski definition) is 4. The molecule has 1 aromatic carbocycles. The summed E-state index contributed by atoms with van der Waals surface area (Å²) in [6.45, 7) is 2.15. The molecule has 1 unspecified atom stereocenters. The number of halogens is 1. The van der Waals surface area contributed by atoms with E-state index in [0.29, 0.717) is 17.1 Å². The minimum absolute atomic E-state index is 0.123. The van der Waals surface area contributed by atoms with Crippen LogP contribution in [0.3, 0.4) is 0 Å². The molecule has 29 heavy (non-hydrogen) atoms. The first-order chi connectivity index (χ1) is 13.8. The molecule has 7 nitrogen and oxygen atoms in total. The van der Waals surface area contributed by atoms with E-state index in [-0.39, 0.29) is 17.3 Å². The molecule has 0 radical (unpaired) electrons. The molecule has 2 aromatic heterocycles. The lowest BCUT2D eigenvalue weighted by atomic mass is 9.77. The third-order valence-corrected chi connectivity index (χ3v) is 6.75. The molecule has 0 bridgehead atoms. The third-order valence-electron chi connectivity index (χ3n) is 6.75. The monoisotopic (exact) mass is 397 g/mol. The Balaban J connectivity index is 1.80. The first-order valence-electron chi connectivity index (χ1n) is 10.1. The number of imidazole rings is 1.